The minimum atomic E-state index is -0.282. The zero-order chi connectivity index (χ0) is 23.8. The van der Waals surface area contributed by atoms with Crippen molar-refractivity contribution in [2.45, 2.75) is 18.9 Å². The van der Waals surface area contributed by atoms with E-state index in [1.807, 2.05) is 30.3 Å². The number of fused-ring (bicyclic) bond motifs is 2. The van der Waals surface area contributed by atoms with Gasteiger partial charge in [-0.3, -0.25) is 0 Å². The Morgan fingerprint density at radius 1 is 1.00 bits per heavy atom. The lowest BCUT2D eigenvalue weighted by molar-refractivity contribution is 0.250. The van der Waals surface area contributed by atoms with Crippen LogP contribution in [0.1, 0.15) is 18.3 Å². The number of nitrogens with zero attached hydrogens (tertiary/aromatic N) is 5. The Morgan fingerprint density at radius 2 is 1.83 bits per heavy atom. The molecule has 5 aromatic rings. The van der Waals surface area contributed by atoms with Crippen LogP contribution in [0, 0.1) is 5.82 Å². The molecule has 1 atom stereocenters. The molecule has 1 aliphatic rings. The lowest BCUT2D eigenvalue weighted by Gasteiger charge is -2.18. The monoisotopic (exact) mass is 466 g/mol. The quantitative estimate of drug-likeness (QED) is 0.366. The normalized spacial score (nSPS) is 14.7. The number of ether oxygens (including phenoxy) is 1. The fraction of sp³-hybridized carbons (Fsp3) is 0.185. The van der Waals surface area contributed by atoms with Gasteiger partial charge in [-0.2, -0.15) is 0 Å². The molecule has 0 spiro atoms. The fourth-order valence-electron chi connectivity index (χ4n) is 4.68. The third kappa shape index (κ3) is 3.86. The summed E-state index contributed by atoms with van der Waals surface area (Å²) < 4.78 is 22.1. The Labute approximate surface area is 201 Å². The van der Waals surface area contributed by atoms with Gasteiger partial charge in [-0.05, 0) is 54.3 Å². The molecule has 0 amide bonds. The zero-order valence-corrected chi connectivity index (χ0v) is 19.1. The van der Waals surface area contributed by atoms with Crippen molar-refractivity contribution >= 4 is 16.7 Å². The number of hydrogen-bond donors (Lipinski definition) is 1. The highest BCUT2D eigenvalue weighted by Gasteiger charge is 2.31. The third-order valence-corrected chi connectivity index (χ3v) is 6.34. The summed E-state index contributed by atoms with van der Waals surface area (Å²) in [4.78, 5) is 18.4. The number of rotatable bonds is 6. The summed E-state index contributed by atoms with van der Waals surface area (Å²) in [7, 11) is 1.79. The molecule has 174 valence electrons. The Hall–Kier alpha value is -4.33. The highest BCUT2D eigenvalue weighted by atomic mass is 19.1. The summed E-state index contributed by atoms with van der Waals surface area (Å²) in [6.07, 6.45) is 5.21. The van der Waals surface area contributed by atoms with Crippen molar-refractivity contribution < 1.29 is 9.13 Å². The molecule has 1 N–H and O–H groups in total. The number of hydrogen-bond acceptors (Lipinski definition) is 6. The summed E-state index contributed by atoms with van der Waals surface area (Å²) in [5.41, 5.74) is 3.23. The SMILES string of the molecule is CNc1nccc(-c2c(-c3ccc(F)cc3)nc3n2C(COc2nccc4ccccc24)CC3)n1. The number of benzene rings is 2. The van der Waals surface area contributed by atoms with Crippen molar-refractivity contribution in [1.29, 1.82) is 0 Å². The van der Waals surface area contributed by atoms with Gasteiger partial charge >= 0.3 is 0 Å². The molecule has 0 bridgehead atoms. The molecule has 2 aromatic carbocycles. The van der Waals surface area contributed by atoms with Crippen molar-refractivity contribution in [2.75, 3.05) is 19.0 Å². The lowest BCUT2D eigenvalue weighted by atomic mass is 10.1. The van der Waals surface area contributed by atoms with Gasteiger partial charge in [0.1, 0.15) is 18.2 Å². The number of aryl methyl sites for hydroxylation is 1. The van der Waals surface area contributed by atoms with Gasteiger partial charge in [-0.15, -0.1) is 0 Å². The van der Waals surface area contributed by atoms with Crippen LogP contribution in [0.25, 0.3) is 33.4 Å². The number of imidazole rings is 1. The van der Waals surface area contributed by atoms with Crippen LogP contribution in [0.4, 0.5) is 10.3 Å². The maximum atomic E-state index is 13.6. The first-order chi connectivity index (χ1) is 17.2. The van der Waals surface area contributed by atoms with E-state index in [1.165, 1.54) is 12.1 Å². The molecule has 0 radical (unpaired) electrons. The average Bonchev–Trinajstić information content (AvgIpc) is 3.47. The number of pyridine rings is 1. The van der Waals surface area contributed by atoms with E-state index in [4.69, 9.17) is 14.7 Å². The van der Waals surface area contributed by atoms with Crippen LogP contribution in [0.15, 0.2) is 73.1 Å². The fourth-order valence-corrected chi connectivity index (χ4v) is 4.68. The summed E-state index contributed by atoms with van der Waals surface area (Å²) >= 11 is 0. The molecular formula is C27H23FN6O. The van der Waals surface area contributed by atoms with Gasteiger partial charge in [0.2, 0.25) is 11.8 Å². The molecule has 6 rings (SSSR count). The van der Waals surface area contributed by atoms with E-state index in [1.54, 1.807) is 31.6 Å². The van der Waals surface area contributed by atoms with Crippen molar-refractivity contribution in [3.05, 3.63) is 84.7 Å². The smallest absolute Gasteiger partial charge is 0.222 e. The first-order valence-corrected chi connectivity index (χ1v) is 11.6. The molecule has 4 heterocycles. The molecule has 1 unspecified atom stereocenters. The summed E-state index contributed by atoms with van der Waals surface area (Å²) in [5, 5.41) is 5.08. The second kappa shape index (κ2) is 8.79. The van der Waals surface area contributed by atoms with Gasteiger partial charge in [0.15, 0.2) is 0 Å². The van der Waals surface area contributed by atoms with Crippen molar-refractivity contribution in [3.8, 4) is 28.5 Å². The third-order valence-electron chi connectivity index (χ3n) is 6.34. The van der Waals surface area contributed by atoms with Gasteiger partial charge < -0.3 is 14.6 Å². The lowest BCUT2D eigenvalue weighted by Crippen LogP contribution is -2.16. The van der Waals surface area contributed by atoms with Crippen molar-refractivity contribution in [1.82, 2.24) is 24.5 Å². The maximum absolute atomic E-state index is 13.6. The minimum absolute atomic E-state index is 0.0514. The zero-order valence-electron chi connectivity index (χ0n) is 19.1. The van der Waals surface area contributed by atoms with E-state index < -0.39 is 0 Å². The largest absolute Gasteiger partial charge is 0.475 e. The first kappa shape index (κ1) is 21.2. The van der Waals surface area contributed by atoms with Crippen LogP contribution < -0.4 is 10.1 Å². The van der Waals surface area contributed by atoms with E-state index >= 15 is 0 Å². The Kier molecular flexibility index (Phi) is 5.33. The molecule has 0 fully saturated rings. The number of halogens is 1. The van der Waals surface area contributed by atoms with Crippen LogP contribution in [-0.4, -0.2) is 38.2 Å². The van der Waals surface area contributed by atoms with Crippen LogP contribution in [-0.2, 0) is 6.42 Å². The predicted octanol–water partition coefficient (Wildman–Crippen LogP) is 5.30. The molecule has 1 aliphatic heterocycles. The molecular weight excluding hydrogens is 443 g/mol. The molecule has 0 saturated carbocycles. The summed E-state index contributed by atoms with van der Waals surface area (Å²) in [6, 6.07) is 18.4. The highest BCUT2D eigenvalue weighted by Crippen LogP contribution is 2.39. The van der Waals surface area contributed by atoms with Crippen LogP contribution in [0.5, 0.6) is 5.88 Å². The molecule has 35 heavy (non-hydrogen) atoms. The van der Waals surface area contributed by atoms with Crippen LogP contribution >= 0.6 is 0 Å². The average molecular weight is 467 g/mol. The summed E-state index contributed by atoms with van der Waals surface area (Å²) in [5.74, 6) is 1.82. The van der Waals surface area contributed by atoms with Crippen LogP contribution in [0.2, 0.25) is 0 Å². The Bertz CT molecular complexity index is 1510. The second-order valence-corrected chi connectivity index (χ2v) is 8.46. The second-order valence-electron chi connectivity index (χ2n) is 8.46. The Balaban J connectivity index is 1.41. The standard InChI is InChI=1S/C27H23FN6O/c1-29-27-31-15-13-22(32-27)25-24(18-6-8-19(28)9-7-18)33-23-11-10-20(34(23)25)16-35-26-21-5-3-2-4-17(21)12-14-30-26/h2-9,12-15,20H,10-11,16H2,1H3,(H,29,31,32). The van der Waals surface area contributed by atoms with Gasteiger partial charge in [-0.1, -0.05) is 18.2 Å². The van der Waals surface area contributed by atoms with E-state index in [0.29, 0.717) is 18.4 Å². The maximum Gasteiger partial charge on any atom is 0.222 e. The first-order valence-electron chi connectivity index (χ1n) is 11.6. The van der Waals surface area contributed by atoms with E-state index in [0.717, 1.165) is 52.1 Å². The Morgan fingerprint density at radius 3 is 2.69 bits per heavy atom. The molecule has 7 nitrogen and oxygen atoms in total. The molecule has 0 aliphatic carbocycles. The van der Waals surface area contributed by atoms with Gasteiger partial charge in [-0.25, -0.2) is 24.3 Å². The van der Waals surface area contributed by atoms with Crippen molar-refractivity contribution in [3.63, 3.8) is 0 Å². The van der Waals surface area contributed by atoms with E-state index in [2.05, 4.69) is 25.9 Å². The highest BCUT2D eigenvalue weighted by molar-refractivity contribution is 5.86. The molecule has 3 aromatic heterocycles. The van der Waals surface area contributed by atoms with Gasteiger partial charge in [0.05, 0.1) is 23.1 Å². The molecule has 8 heteroatoms. The topological polar surface area (TPSA) is 77.8 Å². The van der Waals surface area contributed by atoms with Crippen molar-refractivity contribution in [2.24, 2.45) is 0 Å². The molecule has 0 saturated heterocycles. The predicted molar refractivity (Wildman–Crippen MR) is 133 cm³/mol. The van der Waals surface area contributed by atoms with Gasteiger partial charge in [0, 0.05) is 36.8 Å². The minimum Gasteiger partial charge on any atom is -0.475 e. The summed E-state index contributed by atoms with van der Waals surface area (Å²) in [6.45, 7) is 0.449. The number of anilines is 1. The number of nitrogens with one attached hydrogen (secondary N) is 1. The van der Waals surface area contributed by atoms with E-state index in [-0.39, 0.29) is 11.9 Å². The number of aromatic nitrogens is 5. The van der Waals surface area contributed by atoms with E-state index in [9.17, 15) is 4.39 Å². The van der Waals surface area contributed by atoms with Crippen LogP contribution in [0.3, 0.4) is 0 Å². The van der Waals surface area contributed by atoms with Gasteiger partial charge in [0.25, 0.3) is 0 Å².